The molecule has 0 bridgehead atoms. The van der Waals surface area contributed by atoms with Gasteiger partial charge in [-0.2, -0.15) is 10.2 Å². The van der Waals surface area contributed by atoms with E-state index in [2.05, 4.69) is 100 Å². The number of fused-ring (bicyclic) bond motifs is 1. The molecule has 2 aliphatic rings. The predicted molar refractivity (Wildman–Crippen MR) is 163 cm³/mol. The van der Waals surface area contributed by atoms with Crippen LogP contribution in [-0.4, -0.2) is 75.5 Å². The molecule has 6 rings (SSSR count). The van der Waals surface area contributed by atoms with Crippen molar-refractivity contribution in [1.29, 1.82) is 0 Å². The number of benzene rings is 2. The van der Waals surface area contributed by atoms with Gasteiger partial charge < -0.3 is 14.7 Å². The minimum absolute atomic E-state index is 0.0767. The normalized spacial score (nSPS) is 18.1. The van der Waals surface area contributed by atoms with Crippen LogP contribution in [0.25, 0.3) is 16.6 Å². The summed E-state index contributed by atoms with van der Waals surface area (Å²) in [6.45, 7) is 11.5. The number of hydrogen-bond acceptors (Lipinski definition) is 6. The number of aryl methyl sites for hydroxylation is 3. The SMILES string of the molecule is Cc1ccc(-n2nc3c(N4CCC(C(=O)N5CCC(CN(C)Cc6ccccc6)C5)CC4)nnc(C)c3c2C)cc1. The Morgan fingerprint density at radius 1 is 0.927 bits per heavy atom. The molecule has 2 aromatic heterocycles. The van der Waals surface area contributed by atoms with E-state index >= 15 is 0 Å². The topological polar surface area (TPSA) is 70.4 Å². The van der Waals surface area contributed by atoms with Crippen molar-refractivity contribution in [3.05, 3.63) is 77.1 Å². The molecule has 0 aliphatic carbocycles. The summed E-state index contributed by atoms with van der Waals surface area (Å²) in [6.07, 6.45) is 2.76. The van der Waals surface area contributed by atoms with Crippen LogP contribution in [0.4, 0.5) is 5.82 Å². The van der Waals surface area contributed by atoms with Crippen LogP contribution in [0.3, 0.4) is 0 Å². The van der Waals surface area contributed by atoms with Crippen molar-refractivity contribution in [3.63, 3.8) is 0 Å². The molecular formula is C33H41N7O. The highest BCUT2D eigenvalue weighted by Crippen LogP contribution is 2.32. The highest BCUT2D eigenvalue weighted by molar-refractivity contribution is 5.92. The third kappa shape index (κ3) is 5.71. The molecule has 0 spiro atoms. The van der Waals surface area contributed by atoms with Crippen molar-refractivity contribution in [2.45, 2.75) is 46.6 Å². The van der Waals surface area contributed by atoms with E-state index in [0.29, 0.717) is 11.8 Å². The van der Waals surface area contributed by atoms with E-state index in [4.69, 9.17) is 5.10 Å². The summed E-state index contributed by atoms with van der Waals surface area (Å²) in [5.74, 6) is 1.77. The van der Waals surface area contributed by atoms with Gasteiger partial charge in [-0.15, -0.1) is 5.10 Å². The van der Waals surface area contributed by atoms with E-state index in [1.165, 1.54) is 11.1 Å². The van der Waals surface area contributed by atoms with Gasteiger partial charge in [-0.3, -0.25) is 4.79 Å². The van der Waals surface area contributed by atoms with E-state index in [1.807, 2.05) is 11.6 Å². The fourth-order valence-electron chi connectivity index (χ4n) is 6.64. The summed E-state index contributed by atoms with van der Waals surface area (Å²) in [7, 11) is 2.18. The predicted octanol–water partition coefficient (Wildman–Crippen LogP) is 4.94. The molecule has 0 N–H and O–H groups in total. The van der Waals surface area contributed by atoms with Crippen LogP contribution in [0, 0.1) is 32.6 Å². The number of amides is 1. The van der Waals surface area contributed by atoms with Crippen LogP contribution in [0.1, 0.15) is 41.8 Å². The molecule has 2 aromatic carbocycles. The zero-order valence-corrected chi connectivity index (χ0v) is 24.8. The first-order valence-electron chi connectivity index (χ1n) is 14.9. The molecule has 0 radical (unpaired) electrons. The Labute approximate surface area is 243 Å². The fourth-order valence-corrected chi connectivity index (χ4v) is 6.64. The number of carbonyl (C=O) groups is 1. The van der Waals surface area contributed by atoms with Crippen molar-refractivity contribution in [2.75, 3.05) is 44.7 Å². The van der Waals surface area contributed by atoms with E-state index in [-0.39, 0.29) is 5.92 Å². The van der Waals surface area contributed by atoms with Crippen molar-refractivity contribution >= 4 is 22.6 Å². The Hall–Kier alpha value is -3.78. The van der Waals surface area contributed by atoms with Crippen LogP contribution >= 0.6 is 0 Å². The third-order valence-corrected chi connectivity index (χ3v) is 8.87. The standard InChI is InChI=1S/C33H41N7O/c1-23-10-12-29(13-11-23)40-25(3)30-24(2)34-35-32(31(30)36-40)38-18-15-28(16-19-38)33(41)39-17-14-27(22-39)21-37(4)20-26-8-6-5-7-9-26/h5-13,27-28H,14-22H2,1-4H3. The molecule has 1 unspecified atom stereocenters. The molecule has 214 valence electrons. The van der Waals surface area contributed by atoms with Gasteiger partial charge in [0.15, 0.2) is 5.82 Å². The molecule has 4 heterocycles. The summed E-state index contributed by atoms with van der Waals surface area (Å²) in [4.78, 5) is 20.3. The minimum atomic E-state index is 0.0767. The van der Waals surface area contributed by atoms with E-state index in [0.717, 1.165) is 92.3 Å². The van der Waals surface area contributed by atoms with Crippen LogP contribution in [-0.2, 0) is 11.3 Å². The van der Waals surface area contributed by atoms with Gasteiger partial charge in [0.1, 0.15) is 5.52 Å². The zero-order chi connectivity index (χ0) is 28.5. The van der Waals surface area contributed by atoms with Crippen LogP contribution in [0.5, 0.6) is 0 Å². The molecule has 2 saturated heterocycles. The molecule has 0 saturated carbocycles. The number of aromatic nitrogens is 4. The second kappa shape index (κ2) is 11.6. The van der Waals surface area contributed by atoms with Crippen molar-refractivity contribution in [3.8, 4) is 5.69 Å². The van der Waals surface area contributed by atoms with Gasteiger partial charge in [-0.25, -0.2) is 4.68 Å². The number of carbonyl (C=O) groups excluding carboxylic acids is 1. The number of likely N-dealkylation sites (tertiary alicyclic amines) is 1. The number of piperidine rings is 1. The number of anilines is 1. The Morgan fingerprint density at radius 2 is 1.66 bits per heavy atom. The first-order chi connectivity index (χ1) is 19.9. The maximum Gasteiger partial charge on any atom is 0.225 e. The molecule has 2 fully saturated rings. The zero-order valence-electron chi connectivity index (χ0n) is 24.8. The molecule has 1 amide bonds. The summed E-state index contributed by atoms with van der Waals surface area (Å²) in [5, 5.41) is 15.2. The number of rotatable bonds is 7. The monoisotopic (exact) mass is 551 g/mol. The molecule has 41 heavy (non-hydrogen) atoms. The van der Waals surface area contributed by atoms with Gasteiger partial charge in [0, 0.05) is 45.2 Å². The average molecular weight is 552 g/mol. The van der Waals surface area contributed by atoms with Gasteiger partial charge in [0.05, 0.1) is 22.5 Å². The Morgan fingerprint density at radius 3 is 2.39 bits per heavy atom. The fraction of sp³-hybridized carbons (Fsp3) is 0.455. The third-order valence-electron chi connectivity index (χ3n) is 8.87. The van der Waals surface area contributed by atoms with Gasteiger partial charge in [-0.1, -0.05) is 48.0 Å². The number of nitrogens with zero attached hydrogens (tertiary/aromatic N) is 7. The van der Waals surface area contributed by atoms with Gasteiger partial charge in [0.2, 0.25) is 5.91 Å². The lowest BCUT2D eigenvalue weighted by molar-refractivity contribution is -0.135. The van der Waals surface area contributed by atoms with Crippen molar-refractivity contribution < 1.29 is 4.79 Å². The molecule has 8 heteroatoms. The first kappa shape index (κ1) is 27.4. The van der Waals surface area contributed by atoms with Crippen LogP contribution in [0.15, 0.2) is 54.6 Å². The smallest absolute Gasteiger partial charge is 0.225 e. The summed E-state index contributed by atoms with van der Waals surface area (Å²) < 4.78 is 2.00. The average Bonchev–Trinajstić information content (AvgIpc) is 3.59. The summed E-state index contributed by atoms with van der Waals surface area (Å²) in [6, 6.07) is 19.0. The lowest BCUT2D eigenvalue weighted by Gasteiger charge is -2.33. The van der Waals surface area contributed by atoms with Gasteiger partial charge >= 0.3 is 0 Å². The summed E-state index contributed by atoms with van der Waals surface area (Å²) in [5.41, 5.74) is 6.45. The van der Waals surface area contributed by atoms with Gasteiger partial charge in [0.25, 0.3) is 0 Å². The molecular weight excluding hydrogens is 510 g/mol. The molecule has 1 atom stereocenters. The quantitative estimate of drug-likeness (QED) is 0.324. The lowest BCUT2D eigenvalue weighted by atomic mass is 9.95. The summed E-state index contributed by atoms with van der Waals surface area (Å²) >= 11 is 0. The minimum Gasteiger partial charge on any atom is -0.353 e. The van der Waals surface area contributed by atoms with Crippen molar-refractivity contribution in [2.24, 2.45) is 11.8 Å². The van der Waals surface area contributed by atoms with E-state index in [9.17, 15) is 4.79 Å². The highest BCUT2D eigenvalue weighted by atomic mass is 16.2. The Bertz CT molecular complexity index is 1510. The molecule has 8 nitrogen and oxygen atoms in total. The molecule has 4 aromatic rings. The maximum absolute atomic E-state index is 13.5. The van der Waals surface area contributed by atoms with E-state index in [1.54, 1.807) is 0 Å². The first-order valence-corrected chi connectivity index (χ1v) is 14.9. The Balaban J connectivity index is 1.08. The second-order valence-corrected chi connectivity index (χ2v) is 12.0. The second-order valence-electron chi connectivity index (χ2n) is 12.0. The maximum atomic E-state index is 13.5. The van der Waals surface area contributed by atoms with Crippen molar-refractivity contribution in [1.82, 2.24) is 29.8 Å². The van der Waals surface area contributed by atoms with Crippen LogP contribution < -0.4 is 4.90 Å². The Kier molecular flexibility index (Phi) is 7.75. The lowest BCUT2D eigenvalue weighted by Crippen LogP contribution is -2.42. The number of hydrogen-bond donors (Lipinski definition) is 0. The molecule has 2 aliphatic heterocycles. The largest absolute Gasteiger partial charge is 0.353 e. The van der Waals surface area contributed by atoms with Gasteiger partial charge in [-0.05, 0) is 70.7 Å². The highest BCUT2D eigenvalue weighted by Gasteiger charge is 2.34. The van der Waals surface area contributed by atoms with Crippen LogP contribution in [0.2, 0.25) is 0 Å². The van der Waals surface area contributed by atoms with E-state index < -0.39 is 0 Å².